The van der Waals surface area contributed by atoms with Gasteiger partial charge in [-0.2, -0.15) is 4.39 Å². The van der Waals surface area contributed by atoms with Gasteiger partial charge in [0.1, 0.15) is 5.82 Å². The van der Waals surface area contributed by atoms with Gasteiger partial charge in [-0.3, -0.25) is 0 Å². The SMILES string of the molecule is C=CC1CCC2CC(c3ccc(C(=O)Oc4ccc(C)c(F)c4F)c(F)c3)CCC2C1. The molecule has 0 N–H and O–H groups in total. The van der Waals surface area contributed by atoms with E-state index in [1.165, 1.54) is 44.4 Å². The third kappa shape index (κ3) is 4.41. The van der Waals surface area contributed by atoms with E-state index in [0.29, 0.717) is 11.8 Å². The number of hydrogen-bond acceptors (Lipinski definition) is 2. The minimum absolute atomic E-state index is 0.0977. The van der Waals surface area contributed by atoms with Crippen LogP contribution in [0.3, 0.4) is 0 Å². The van der Waals surface area contributed by atoms with Crippen LogP contribution >= 0.6 is 0 Å². The van der Waals surface area contributed by atoms with Gasteiger partial charge in [-0.05, 0) is 98.4 Å². The lowest BCUT2D eigenvalue weighted by Crippen LogP contribution is -2.30. The maximum atomic E-state index is 14.8. The molecule has 0 bridgehead atoms. The van der Waals surface area contributed by atoms with Crippen molar-refractivity contribution in [3.63, 3.8) is 0 Å². The summed E-state index contributed by atoms with van der Waals surface area (Å²) in [7, 11) is 0. The molecule has 0 radical (unpaired) electrons. The predicted octanol–water partition coefficient (Wildman–Crippen LogP) is 7.12. The fourth-order valence-corrected chi connectivity index (χ4v) is 5.26. The number of carbonyl (C=O) groups is 1. The van der Waals surface area contributed by atoms with E-state index in [1.54, 1.807) is 6.07 Å². The van der Waals surface area contributed by atoms with Crippen molar-refractivity contribution in [1.29, 1.82) is 0 Å². The predicted molar refractivity (Wildman–Crippen MR) is 114 cm³/mol. The Labute approximate surface area is 181 Å². The molecule has 2 aromatic carbocycles. The van der Waals surface area contributed by atoms with E-state index in [2.05, 4.69) is 12.7 Å². The molecule has 164 valence electrons. The topological polar surface area (TPSA) is 26.3 Å². The highest BCUT2D eigenvalue weighted by Gasteiger charge is 2.35. The Morgan fingerprint density at radius 1 is 1.00 bits per heavy atom. The zero-order chi connectivity index (χ0) is 22.1. The number of esters is 1. The second-order valence-electron chi connectivity index (χ2n) is 8.98. The maximum Gasteiger partial charge on any atom is 0.346 e. The summed E-state index contributed by atoms with van der Waals surface area (Å²) in [5, 5.41) is 0. The Hall–Kier alpha value is -2.56. The standard InChI is InChI=1S/C26H27F3O2/c1-3-16-5-6-18-13-19(8-7-17(18)12-16)20-9-10-21(22(27)14-20)26(30)31-23-11-4-15(2)24(28)25(23)29/h3-4,9-11,14,16-19H,1,5-8,12-13H2,2H3. The van der Waals surface area contributed by atoms with Gasteiger partial charge in [-0.15, -0.1) is 6.58 Å². The second-order valence-corrected chi connectivity index (χ2v) is 8.98. The molecular weight excluding hydrogens is 401 g/mol. The maximum absolute atomic E-state index is 14.8. The molecular formula is C26H27F3O2. The summed E-state index contributed by atoms with van der Waals surface area (Å²) in [5.41, 5.74) is 0.691. The average molecular weight is 428 g/mol. The van der Waals surface area contributed by atoms with Gasteiger partial charge < -0.3 is 4.74 Å². The van der Waals surface area contributed by atoms with Crippen molar-refractivity contribution in [1.82, 2.24) is 0 Å². The van der Waals surface area contributed by atoms with Crippen molar-refractivity contribution in [2.45, 2.75) is 51.4 Å². The van der Waals surface area contributed by atoms with Crippen LogP contribution in [0.5, 0.6) is 5.75 Å². The zero-order valence-electron chi connectivity index (χ0n) is 17.7. The number of carbonyl (C=O) groups excluding carboxylic acids is 1. The summed E-state index contributed by atoms with van der Waals surface area (Å²) >= 11 is 0. The number of hydrogen-bond donors (Lipinski definition) is 0. The summed E-state index contributed by atoms with van der Waals surface area (Å²) < 4.78 is 47.3. The number of rotatable bonds is 4. The van der Waals surface area contributed by atoms with Gasteiger partial charge in [0, 0.05) is 0 Å². The summed E-state index contributed by atoms with van der Waals surface area (Å²) in [4.78, 5) is 12.4. The molecule has 0 heterocycles. The molecule has 4 rings (SSSR count). The first-order chi connectivity index (χ1) is 14.9. The Morgan fingerprint density at radius 2 is 1.74 bits per heavy atom. The Kier molecular flexibility index (Phi) is 6.22. The molecule has 4 atom stereocenters. The van der Waals surface area contributed by atoms with Gasteiger partial charge >= 0.3 is 5.97 Å². The molecule has 0 aromatic heterocycles. The zero-order valence-corrected chi connectivity index (χ0v) is 17.7. The third-order valence-corrected chi connectivity index (χ3v) is 7.11. The molecule has 0 spiro atoms. The molecule has 2 aliphatic carbocycles. The molecule has 0 saturated heterocycles. The molecule has 2 fully saturated rings. The minimum Gasteiger partial charge on any atom is -0.420 e. The fourth-order valence-electron chi connectivity index (χ4n) is 5.26. The van der Waals surface area contributed by atoms with Crippen LogP contribution in [-0.4, -0.2) is 5.97 Å². The molecule has 2 nitrogen and oxygen atoms in total. The highest BCUT2D eigenvalue weighted by atomic mass is 19.2. The van der Waals surface area contributed by atoms with Crippen molar-refractivity contribution >= 4 is 5.97 Å². The van der Waals surface area contributed by atoms with Crippen LogP contribution in [0.1, 0.15) is 65.9 Å². The monoisotopic (exact) mass is 428 g/mol. The van der Waals surface area contributed by atoms with E-state index < -0.39 is 29.2 Å². The van der Waals surface area contributed by atoms with Gasteiger partial charge in [0.15, 0.2) is 11.6 Å². The third-order valence-electron chi connectivity index (χ3n) is 7.11. The van der Waals surface area contributed by atoms with Crippen molar-refractivity contribution in [2.24, 2.45) is 17.8 Å². The number of aryl methyl sites for hydroxylation is 1. The highest BCUT2D eigenvalue weighted by Crippen LogP contribution is 2.47. The highest BCUT2D eigenvalue weighted by molar-refractivity contribution is 5.91. The van der Waals surface area contributed by atoms with Crippen molar-refractivity contribution in [2.75, 3.05) is 0 Å². The van der Waals surface area contributed by atoms with Crippen molar-refractivity contribution in [3.05, 3.63) is 77.1 Å². The van der Waals surface area contributed by atoms with Crippen LogP contribution in [0.4, 0.5) is 13.2 Å². The molecule has 4 unspecified atom stereocenters. The molecule has 0 aliphatic heterocycles. The quantitative estimate of drug-likeness (QED) is 0.294. The minimum atomic E-state index is -1.26. The number of halogens is 3. The van der Waals surface area contributed by atoms with E-state index in [9.17, 15) is 18.0 Å². The van der Waals surface area contributed by atoms with Gasteiger partial charge in [-0.25, -0.2) is 13.6 Å². The Balaban J connectivity index is 1.45. The Bertz CT molecular complexity index is 1000. The van der Waals surface area contributed by atoms with E-state index in [0.717, 1.165) is 36.8 Å². The average Bonchev–Trinajstić information content (AvgIpc) is 2.78. The van der Waals surface area contributed by atoms with E-state index >= 15 is 0 Å². The van der Waals surface area contributed by atoms with Crippen LogP contribution < -0.4 is 4.74 Å². The first-order valence-electron chi connectivity index (χ1n) is 11.0. The van der Waals surface area contributed by atoms with E-state index in [4.69, 9.17) is 4.74 Å². The smallest absolute Gasteiger partial charge is 0.346 e. The number of allylic oxidation sites excluding steroid dienone is 1. The number of ether oxygens (including phenoxy) is 1. The molecule has 31 heavy (non-hydrogen) atoms. The summed E-state index contributed by atoms with van der Waals surface area (Å²) in [6.07, 6.45) is 8.80. The molecule has 2 aliphatic rings. The molecule has 2 saturated carbocycles. The Morgan fingerprint density at radius 3 is 2.48 bits per heavy atom. The van der Waals surface area contributed by atoms with Crippen molar-refractivity contribution in [3.8, 4) is 5.75 Å². The lowest BCUT2D eigenvalue weighted by molar-refractivity contribution is 0.0721. The van der Waals surface area contributed by atoms with Crippen LogP contribution in [0.25, 0.3) is 0 Å². The largest absolute Gasteiger partial charge is 0.420 e. The van der Waals surface area contributed by atoms with E-state index in [-0.39, 0.29) is 17.0 Å². The molecule has 0 amide bonds. The van der Waals surface area contributed by atoms with Crippen LogP contribution in [0.2, 0.25) is 0 Å². The van der Waals surface area contributed by atoms with Crippen LogP contribution in [0, 0.1) is 42.1 Å². The number of benzene rings is 2. The van der Waals surface area contributed by atoms with E-state index in [1.807, 2.05) is 0 Å². The van der Waals surface area contributed by atoms with Crippen LogP contribution in [-0.2, 0) is 0 Å². The number of fused-ring (bicyclic) bond motifs is 1. The summed E-state index contributed by atoms with van der Waals surface area (Å²) in [6, 6.07) is 7.00. The lowest BCUT2D eigenvalue weighted by atomic mass is 9.64. The second kappa shape index (κ2) is 8.89. The summed E-state index contributed by atoms with van der Waals surface area (Å²) in [5.74, 6) is -2.38. The van der Waals surface area contributed by atoms with Crippen molar-refractivity contribution < 1.29 is 22.7 Å². The first-order valence-corrected chi connectivity index (χ1v) is 11.0. The van der Waals surface area contributed by atoms with Gasteiger partial charge in [0.05, 0.1) is 5.56 Å². The van der Waals surface area contributed by atoms with Gasteiger partial charge in [-0.1, -0.05) is 18.2 Å². The van der Waals surface area contributed by atoms with Gasteiger partial charge in [0.2, 0.25) is 5.82 Å². The lowest BCUT2D eigenvalue weighted by Gasteiger charge is -2.41. The normalized spacial score (nSPS) is 25.5. The molecule has 5 heteroatoms. The molecule has 2 aromatic rings. The summed E-state index contributed by atoms with van der Waals surface area (Å²) in [6.45, 7) is 5.34. The van der Waals surface area contributed by atoms with Crippen LogP contribution in [0.15, 0.2) is 43.0 Å². The first kappa shape index (κ1) is 21.7. The fraction of sp³-hybridized carbons (Fsp3) is 0.423. The van der Waals surface area contributed by atoms with Gasteiger partial charge in [0.25, 0.3) is 0 Å².